The number of rotatable bonds is 2. The van der Waals surface area contributed by atoms with Gasteiger partial charge in [0.1, 0.15) is 5.82 Å². The lowest BCUT2D eigenvalue weighted by atomic mass is 9.92. The third-order valence-corrected chi connectivity index (χ3v) is 3.27. The first-order valence-corrected chi connectivity index (χ1v) is 5.88. The van der Waals surface area contributed by atoms with E-state index in [1.807, 2.05) is 0 Å². The van der Waals surface area contributed by atoms with E-state index in [-0.39, 0.29) is 22.9 Å². The molecule has 1 aromatic rings. The van der Waals surface area contributed by atoms with Crippen molar-refractivity contribution < 1.29 is 9.18 Å². The molecule has 3 nitrogen and oxygen atoms in total. The Morgan fingerprint density at radius 2 is 2.29 bits per heavy atom. The zero-order valence-electron chi connectivity index (χ0n) is 10.2. The number of nitrogens with one attached hydrogen (secondary N) is 1. The van der Waals surface area contributed by atoms with Gasteiger partial charge in [-0.2, -0.15) is 0 Å². The number of nitrogens with zero attached hydrogens (tertiary/aromatic N) is 1. The number of carbonyl (C=O) groups excluding carboxylic acids is 1. The Morgan fingerprint density at radius 3 is 2.88 bits per heavy atom. The molecule has 1 aromatic heterocycles. The Balaban J connectivity index is 1.98. The first-order chi connectivity index (χ1) is 7.96. The molecule has 1 aliphatic rings. The smallest absolute Gasteiger partial charge is 0.253 e. The molecule has 1 heterocycles. The summed E-state index contributed by atoms with van der Waals surface area (Å²) in [4.78, 5) is 15.5. The van der Waals surface area contributed by atoms with Crippen molar-refractivity contribution in [1.82, 2.24) is 10.3 Å². The van der Waals surface area contributed by atoms with Crippen LogP contribution in [0.5, 0.6) is 0 Å². The molecular weight excluding hydrogens is 219 g/mol. The summed E-state index contributed by atoms with van der Waals surface area (Å²) in [6, 6.07) is 1.41. The minimum atomic E-state index is -0.482. The van der Waals surface area contributed by atoms with Crippen molar-refractivity contribution in [3.05, 3.63) is 29.8 Å². The maximum atomic E-state index is 12.9. The minimum absolute atomic E-state index is 0.195. The van der Waals surface area contributed by atoms with Crippen molar-refractivity contribution in [2.45, 2.75) is 39.2 Å². The van der Waals surface area contributed by atoms with Gasteiger partial charge in [-0.15, -0.1) is 0 Å². The average molecular weight is 236 g/mol. The largest absolute Gasteiger partial charge is 0.349 e. The first-order valence-electron chi connectivity index (χ1n) is 5.88. The predicted molar refractivity (Wildman–Crippen MR) is 63.1 cm³/mol. The van der Waals surface area contributed by atoms with Crippen LogP contribution in [0.2, 0.25) is 0 Å². The molecule has 1 saturated carbocycles. The summed E-state index contributed by atoms with van der Waals surface area (Å²) < 4.78 is 12.9. The molecule has 2 rings (SSSR count). The second-order valence-corrected chi connectivity index (χ2v) is 5.47. The lowest BCUT2D eigenvalue weighted by Crippen LogP contribution is -2.33. The molecule has 1 fully saturated rings. The van der Waals surface area contributed by atoms with Gasteiger partial charge in [0.15, 0.2) is 0 Å². The van der Waals surface area contributed by atoms with Crippen LogP contribution in [0.3, 0.4) is 0 Å². The van der Waals surface area contributed by atoms with E-state index in [4.69, 9.17) is 0 Å². The number of carbonyl (C=O) groups is 1. The highest BCUT2D eigenvalue weighted by molar-refractivity contribution is 5.94. The van der Waals surface area contributed by atoms with Gasteiger partial charge in [0.25, 0.3) is 5.91 Å². The molecule has 1 atom stereocenters. The molecule has 17 heavy (non-hydrogen) atoms. The van der Waals surface area contributed by atoms with Crippen LogP contribution in [-0.2, 0) is 0 Å². The van der Waals surface area contributed by atoms with Gasteiger partial charge in [0.05, 0.1) is 11.8 Å². The quantitative estimate of drug-likeness (QED) is 0.857. The number of halogens is 1. The van der Waals surface area contributed by atoms with Gasteiger partial charge in [0, 0.05) is 12.2 Å². The number of aromatic nitrogens is 1. The lowest BCUT2D eigenvalue weighted by molar-refractivity contribution is 0.0935. The standard InChI is InChI=1S/C13H17FN2O/c1-13(2)4-3-11(6-13)16-12(17)9-5-10(14)8-15-7-9/h5,7-8,11H,3-4,6H2,1-2H3,(H,16,17). The van der Waals surface area contributed by atoms with E-state index >= 15 is 0 Å². The van der Waals surface area contributed by atoms with Gasteiger partial charge < -0.3 is 5.32 Å². The van der Waals surface area contributed by atoms with E-state index in [1.165, 1.54) is 12.3 Å². The third kappa shape index (κ3) is 3.02. The fourth-order valence-electron chi connectivity index (χ4n) is 2.36. The highest BCUT2D eigenvalue weighted by Gasteiger charge is 2.31. The van der Waals surface area contributed by atoms with Crippen LogP contribution < -0.4 is 5.32 Å². The van der Waals surface area contributed by atoms with E-state index in [0.717, 1.165) is 25.5 Å². The summed E-state index contributed by atoms with van der Waals surface area (Å²) in [5.74, 6) is -0.718. The summed E-state index contributed by atoms with van der Waals surface area (Å²) in [5.41, 5.74) is 0.577. The van der Waals surface area contributed by atoms with Gasteiger partial charge in [-0.3, -0.25) is 9.78 Å². The van der Waals surface area contributed by atoms with Gasteiger partial charge in [-0.25, -0.2) is 4.39 Å². The first kappa shape index (κ1) is 12.0. The monoisotopic (exact) mass is 236 g/mol. The highest BCUT2D eigenvalue weighted by atomic mass is 19.1. The molecule has 1 N–H and O–H groups in total. The molecule has 92 valence electrons. The minimum Gasteiger partial charge on any atom is -0.349 e. The maximum Gasteiger partial charge on any atom is 0.253 e. The summed E-state index contributed by atoms with van der Waals surface area (Å²) >= 11 is 0. The number of hydrogen-bond acceptors (Lipinski definition) is 2. The van der Waals surface area contributed by atoms with Crippen molar-refractivity contribution >= 4 is 5.91 Å². The van der Waals surface area contributed by atoms with E-state index in [1.54, 1.807) is 0 Å². The zero-order chi connectivity index (χ0) is 12.5. The van der Waals surface area contributed by atoms with Crippen molar-refractivity contribution in [3.63, 3.8) is 0 Å². The van der Waals surface area contributed by atoms with Gasteiger partial charge in [-0.05, 0) is 30.7 Å². The van der Waals surface area contributed by atoms with Crippen LogP contribution in [0.25, 0.3) is 0 Å². The van der Waals surface area contributed by atoms with E-state index in [9.17, 15) is 9.18 Å². The molecule has 0 saturated heterocycles. The second-order valence-electron chi connectivity index (χ2n) is 5.47. The Kier molecular flexibility index (Phi) is 3.13. The van der Waals surface area contributed by atoms with Gasteiger partial charge in [-0.1, -0.05) is 13.8 Å². The number of hydrogen-bond donors (Lipinski definition) is 1. The van der Waals surface area contributed by atoms with Crippen LogP contribution in [0.15, 0.2) is 18.5 Å². The lowest BCUT2D eigenvalue weighted by Gasteiger charge is -2.17. The van der Waals surface area contributed by atoms with Crippen molar-refractivity contribution in [1.29, 1.82) is 0 Å². The van der Waals surface area contributed by atoms with Gasteiger partial charge in [0.2, 0.25) is 0 Å². The van der Waals surface area contributed by atoms with Crippen LogP contribution in [0.4, 0.5) is 4.39 Å². The Hall–Kier alpha value is -1.45. The maximum absolute atomic E-state index is 12.9. The fraction of sp³-hybridized carbons (Fsp3) is 0.538. The third-order valence-electron chi connectivity index (χ3n) is 3.27. The number of pyridine rings is 1. The fourth-order valence-corrected chi connectivity index (χ4v) is 2.36. The van der Waals surface area contributed by atoms with Crippen molar-refractivity contribution in [2.24, 2.45) is 5.41 Å². The van der Waals surface area contributed by atoms with Gasteiger partial charge >= 0.3 is 0 Å². The van der Waals surface area contributed by atoms with Crippen molar-refractivity contribution in [2.75, 3.05) is 0 Å². The van der Waals surface area contributed by atoms with Crippen LogP contribution >= 0.6 is 0 Å². The molecule has 1 unspecified atom stereocenters. The summed E-state index contributed by atoms with van der Waals surface area (Å²) in [6.45, 7) is 4.39. The Bertz CT molecular complexity index is 431. The second kappa shape index (κ2) is 4.43. The van der Waals surface area contributed by atoms with Crippen LogP contribution in [-0.4, -0.2) is 16.9 Å². The molecule has 0 aliphatic heterocycles. The Labute approximate surface area is 100 Å². The SMILES string of the molecule is CC1(C)CCC(NC(=O)c2cncc(F)c2)C1. The average Bonchev–Trinajstić information content (AvgIpc) is 2.58. The summed E-state index contributed by atoms with van der Waals surface area (Å²) in [5, 5.41) is 2.93. The molecular formula is C13H17FN2O. The molecule has 4 heteroatoms. The van der Waals surface area contributed by atoms with Crippen molar-refractivity contribution in [3.8, 4) is 0 Å². The molecule has 0 radical (unpaired) electrons. The van der Waals surface area contributed by atoms with E-state index < -0.39 is 5.82 Å². The normalized spacial score (nSPS) is 22.4. The zero-order valence-corrected chi connectivity index (χ0v) is 10.2. The summed E-state index contributed by atoms with van der Waals surface area (Å²) in [6.07, 6.45) is 5.55. The molecule has 1 amide bonds. The highest BCUT2D eigenvalue weighted by Crippen LogP contribution is 2.36. The van der Waals surface area contributed by atoms with E-state index in [2.05, 4.69) is 24.1 Å². The molecule has 0 bridgehead atoms. The molecule has 0 aromatic carbocycles. The Morgan fingerprint density at radius 1 is 1.53 bits per heavy atom. The van der Waals surface area contributed by atoms with E-state index in [0.29, 0.717) is 0 Å². The predicted octanol–water partition coefficient (Wildman–Crippen LogP) is 2.53. The topological polar surface area (TPSA) is 42.0 Å². The molecule has 1 aliphatic carbocycles. The molecule has 0 spiro atoms. The van der Waals surface area contributed by atoms with Crippen LogP contribution in [0, 0.1) is 11.2 Å². The number of amides is 1. The van der Waals surface area contributed by atoms with Crippen LogP contribution in [0.1, 0.15) is 43.5 Å². The summed E-state index contributed by atoms with van der Waals surface area (Å²) in [7, 11) is 0.